The van der Waals surface area contributed by atoms with Crippen molar-refractivity contribution in [2.24, 2.45) is 0 Å². The molecule has 1 N–H and O–H groups in total. The second-order valence-electron chi connectivity index (χ2n) is 5.47. The Labute approximate surface area is 165 Å². The van der Waals surface area contributed by atoms with Gasteiger partial charge in [0.15, 0.2) is 11.5 Å². The average Bonchev–Trinajstić information content (AvgIpc) is 3.03. The lowest BCUT2D eigenvalue weighted by atomic mass is 10.2. The molecule has 0 fully saturated rings. The van der Waals surface area contributed by atoms with Gasteiger partial charge in [0.2, 0.25) is 0 Å². The molecule has 140 valence electrons. The number of benzene rings is 1. The van der Waals surface area contributed by atoms with Crippen molar-refractivity contribution in [2.75, 3.05) is 12.4 Å². The molecule has 3 rings (SSSR count). The minimum Gasteiger partial charge on any atom is -0.497 e. The van der Waals surface area contributed by atoms with E-state index in [9.17, 15) is 4.79 Å². The van der Waals surface area contributed by atoms with E-state index in [1.165, 1.54) is 12.3 Å². The van der Waals surface area contributed by atoms with E-state index in [1.54, 1.807) is 38.3 Å². The minimum absolute atomic E-state index is 0.0915. The number of carbonyl (C=O) groups is 1. The van der Waals surface area contributed by atoms with E-state index in [0.29, 0.717) is 22.1 Å². The number of hydrogen-bond donors (Lipinski definition) is 1. The maximum atomic E-state index is 12.5. The van der Waals surface area contributed by atoms with Gasteiger partial charge in [0.25, 0.3) is 5.91 Å². The number of anilines is 1. The lowest BCUT2D eigenvalue weighted by Crippen LogP contribution is -2.16. The maximum Gasteiger partial charge on any atom is 0.279 e. The van der Waals surface area contributed by atoms with Crippen molar-refractivity contribution < 1.29 is 18.8 Å². The third-order valence-electron chi connectivity index (χ3n) is 3.68. The normalized spacial score (nSPS) is 10.5. The first-order valence-electron chi connectivity index (χ1n) is 7.82. The topological polar surface area (TPSA) is 86.5 Å². The van der Waals surface area contributed by atoms with Gasteiger partial charge in [-0.25, -0.2) is 4.98 Å². The molecule has 2 aromatic heterocycles. The van der Waals surface area contributed by atoms with Gasteiger partial charge in [0, 0.05) is 6.20 Å². The number of nitrogens with one attached hydrogen (secondary N) is 1. The van der Waals surface area contributed by atoms with Crippen molar-refractivity contribution >= 4 is 34.9 Å². The van der Waals surface area contributed by atoms with Gasteiger partial charge < -0.3 is 19.3 Å². The number of methoxy groups -OCH3 is 1. The molecule has 27 heavy (non-hydrogen) atoms. The zero-order valence-corrected chi connectivity index (χ0v) is 16.0. The molecule has 7 nitrogen and oxygen atoms in total. The highest BCUT2D eigenvalue weighted by Crippen LogP contribution is 2.24. The quantitative estimate of drug-likeness (QED) is 0.645. The molecule has 0 saturated heterocycles. The number of carbonyl (C=O) groups excluding carboxylic acids is 1. The van der Waals surface area contributed by atoms with E-state index < -0.39 is 5.91 Å². The molecule has 1 aromatic carbocycles. The summed E-state index contributed by atoms with van der Waals surface area (Å²) in [6.45, 7) is 1.80. The Kier molecular flexibility index (Phi) is 5.83. The molecule has 0 unspecified atom stereocenters. The summed E-state index contributed by atoms with van der Waals surface area (Å²) in [6, 6.07) is 8.56. The molecule has 0 spiro atoms. The number of nitrogens with zero attached hydrogens (tertiary/aromatic N) is 2. The highest BCUT2D eigenvalue weighted by Gasteiger charge is 2.21. The van der Waals surface area contributed by atoms with Crippen LogP contribution in [0.2, 0.25) is 10.0 Å². The van der Waals surface area contributed by atoms with Crippen LogP contribution in [-0.4, -0.2) is 23.2 Å². The zero-order valence-electron chi connectivity index (χ0n) is 14.5. The predicted octanol–water partition coefficient (Wildman–Crippen LogP) is 4.52. The summed E-state index contributed by atoms with van der Waals surface area (Å²) in [4.78, 5) is 16.5. The van der Waals surface area contributed by atoms with E-state index in [2.05, 4.69) is 15.5 Å². The molecule has 0 saturated carbocycles. The molecular formula is C18H15Cl2N3O4. The van der Waals surface area contributed by atoms with Gasteiger partial charge in [0.1, 0.15) is 23.9 Å². The van der Waals surface area contributed by atoms with Crippen LogP contribution in [0.1, 0.15) is 21.8 Å². The highest BCUT2D eigenvalue weighted by atomic mass is 35.5. The van der Waals surface area contributed by atoms with Crippen molar-refractivity contribution in [3.05, 3.63) is 63.6 Å². The number of rotatable bonds is 6. The summed E-state index contributed by atoms with van der Waals surface area (Å²) in [7, 11) is 1.59. The van der Waals surface area contributed by atoms with Gasteiger partial charge in [-0.15, -0.1) is 0 Å². The summed E-state index contributed by atoms with van der Waals surface area (Å²) in [5.74, 6) is 1.47. The number of aryl methyl sites for hydroxylation is 1. The summed E-state index contributed by atoms with van der Waals surface area (Å²) in [6.07, 6.45) is 1.38. The Balaban J connectivity index is 1.74. The summed E-state index contributed by atoms with van der Waals surface area (Å²) in [5.41, 5.74) is 0.613. The van der Waals surface area contributed by atoms with Crippen LogP contribution in [0.4, 0.5) is 5.82 Å². The fourth-order valence-electron chi connectivity index (χ4n) is 2.24. The number of ether oxygens (including phenoxy) is 2. The van der Waals surface area contributed by atoms with Gasteiger partial charge in [-0.05, 0) is 37.3 Å². The van der Waals surface area contributed by atoms with Crippen LogP contribution in [-0.2, 0) is 6.61 Å². The van der Waals surface area contributed by atoms with Crippen molar-refractivity contribution in [3.63, 3.8) is 0 Å². The smallest absolute Gasteiger partial charge is 0.279 e. The third-order valence-corrected chi connectivity index (χ3v) is 4.18. The lowest BCUT2D eigenvalue weighted by Gasteiger charge is -2.08. The van der Waals surface area contributed by atoms with Gasteiger partial charge in [-0.2, -0.15) is 0 Å². The average molecular weight is 408 g/mol. The van der Waals surface area contributed by atoms with Crippen LogP contribution in [0, 0.1) is 6.92 Å². The fraction of sp³-hybridized carbons (Fsp3) is 0.167. The van der Waals surface area contributed by atoms with Crippen LogP contribution < -0.4 is 14.8 Å². The zero-order chi connectivity index (χ0) is 19.4. The fourth-order valence-corrected chi connectivity index (χ4v) is 2.67. The molecule has 0 bridgehead atoms. The van der Waals surface area contributed by atoms with Gasteiger partial charge in [0.05, 0.1) is 22.7 Å². The van der Waals surface area contributed by atoms with Crippen LogP contribution in [0.25, 0.3) is 0 Å². The highest BCUT2D eigenvalue weighted by molar-refractivity contribution is 6.36. The van der Waals surface area contributed by atoms with E-state index in [4.69, 9.17) is 37.2 Å². The molecule has 0 aliphatic heterocycles. The van der Waals surface area contributed by atoms with Crippen LogP contribution in [0.15, 0.2) is 41.1 Å². The SMILES string of the molecule is COc1ccc(OCc2c(C(=O)Nc3ncc(Cl)cc3Cl)noc2C)cc1. The number of pyridine rings is 1. The summed E-state index contributed by atoms with van der Waals surface area (Å²) >= 11 is 11.8. The number of aromatic nitrogens is 2. The van der Waals surface area contributed by atoms with Crippen LogP contribution in [0.3, 0.4) is 0 Å². The molecule has 0 aliphatic carbocycles. The summed E-state index contributed by atoms with van der Waals surface area (Å²) < 4.78 is 16.0. The largest absolute Gasteiger partial charge is 0.497 e. The van der Waals surface area contributed by atoms with Gasteiger partial charge in [-0.3, -0.25) is 4.79 Å². The second-order valence-corrected chi connectivity index (χ2v) is 6.31. The minimum atomic E-state index is -0.517. The van der Waals surface area contributed by atoms with E-state index in [1.807, 2.05) is 0 Å². The standard InChI is InChI=1S/C18H15Cl2N3O4/c1-10-14(9-26-13-5-3-12(25-2)4-6-13)16(23-27-10)18(24)22-17-15(20)7-11(19)8-21-17/h3-8H,9H2,1-2H3,(H,21,22,24). The van der Waals surface area contributed by atoms with Gasteiger partial charge >= 0.3 is 0 Å². The number of hydrogen-bond acceptors (Lipinski definition) is 6. The van der Waals surface area contributed by atoms with E-state index in [0.717, 1.165) is 5.75 Å². The first kappa shape index (κ1) is 19.0. The first-order valence-corrected chi connectivity index (χ1v) is 8.58. The maximum absolute atomic E-state index is 12.5. The third kappa shape index (κ3) is 4.50. The number of halogens is 2. The van der Waals surface area contributed by atoms with Crippen molar-refractivity contribution in [1.29, 1.82) is 0 Å². The molecule has 2 heterocycles. The Morgan fingerprint density at radius 1 is 1.22 bits per heavy atom. The Morgan fingerprint density at radius 3 is 2.59 bits per heavy atom. The summed E-state index contributed by atoms with van der Waals surface area (Å²) in [5, 5.41) is 6.98. The molecular weight excluding hydrogens is 393 g/mol. The molecule has 1 amide bonds. The molecule has 3 aromatic rings. The van der Waals surface area contributed by atoms with Crippen molar-refractivity contribution in [3.8, 4) is 11.5 Å². The number of amides is 1. The van der Waals surface area contributed by atoms with Crippen LogP contribution >= 0.6 is 23.2 Å². The molecule has 0 atom stereocenters. The molecule has 9 heteroatoms. The van der Waals surface area contributed by atoms with Gasteiger partial charge in [-0.1, -0.05) is 28.4 Å². The van der Waals surface area contributed by atoms with Crippen molar-refractivity contribution in [2.45, 2.75) is 13.5 Å². The predicted molar refractivity (Wildman–Crippen MR) is 101 cm³/mol. The van der Waals surface area contributed by atoms with E-state index in [-0.39, 0.29) is 23.1 Å². The Morgan fingerprint density at radius 2 is 1.93 bits per heavy atom. The first-order chi connectivity index (χ1) is 13.0. The van der Waals surface area contributed by atoms with Crippen molar-refractivity contribution in [1.82, 2.24) is 10.1 Å². The monoisotopic (exact) mass is 407 g/mol. The molecule has 0 aliphatic rings. The van der Waals surface area contributed by atoms with Crippen LogP contribution in [0.5, 0.6) is 11.5 Å². The second kappa shape index (κ2) is 8.28. The van der Waals surface area contributed by atoms with E-state index >= 15 is 0 Å². The lowest BCUT2D eigenvalue weighted by molar-refractivity contribution is 0.101. The Bertz CT molecular complexity index is 958. The Hall–Kier alpha value is -2.77. The molecule has 0 radical (unpaired) electrons.